The average Bonchev–Trinajstić information content (AvgIpc) is 3.40. The molecule has 180 valence electrons. The number of aromatic nitrogens is 2. The van der Waals surface area contributed by atoms with Crippen LogP contribution in [0.5, 0.6) is 23.0 Å². The zero-order valence-electron chi connectivity index (χ0n) is 19.8. The van der Waals surface area contributed by atoms with Crippen LogP contribution < -0.4 is 14.2 Å². The van der Waals surface area contributed by atoms with Gasteiger partial charge in [-0.2, -0.15) is 5.10 Å². The van der Waals surface area contributed by atoms with Gasteiger partial charge in [-0.25, -0.2) is 0 Å². The fraction of sp³-hybridized carbons (Fsp3) is 0.360. The number of rotatable bonds is 10. The van der Waals surface area contributed by atoms with Crippen molar-refractivity contribution in [1.82, 2.24) is 15.1 Å². The SMILES string of the molecule is CCOCCCN1C(=O)c2[nH]nc(-c3ccccc3O)c2[C@@H]1c1cc(OC)c(OC)c(OC)c1. The molecule has 0 saturated carbocycles. The van der Waals surface area contributed by atoms with Crippen LogP contribution in [-0.4, -0.2) is 67.2 Å². The number of carbonyl (C=O) groups excluding carboxylic acids is 1. The van der Waals surface area contributed by atoms with E-state index in [1.807, 2.05) is 25.1 Å². The topological polar surface area (TPSA) is 106 Å². The van der Waals surface area contributed by atoms with Gasteiger partial charge in [-0.1, -0.05) is 12.1 Å². The molecule has 1 aromatic heterocycles. The van der Waals surface area contributed by atoms with Crippen LogP contribution >= 0.6 is 0 Å². The number of methoxy groups -OCH3 is 3. The number of hydrogen-bond acceptors (Lipinski definition) is 7. The monoisotopic (exact) mass is 467 g/mol. The molecule has 1 atom stereocenters. The summed E-state index contributed by atoms with van der Waals surface area (Å²) in [6.45, 7) is 3.57. The predicted molar refractivity (Wildman–Crippen MR) is 126 cm³/mol. The molecular formula is C25H29N3O6. The Bertz CT molecular complexity index is 1150. The number of hydrogen-bond donors (Lipinski definition) is 2. The Labute approximate surface area is 198 Å². The van der Waals surface area contributed by atoms with Crippen molar-refractivity contribution in [2.45, 2.75) is 19.4 Å². The normalized spacial score (nSPS) is 14.9. The van der Waals surface area contributed by atoms with Gasteiger partial charge in [0.1, 0.15) is 17.1 Å². The Morgan fingerprint density at radius 1 is 1.09 bits per heavy atom. The molecule has 1 aliphatic rings. The number of benzene rings is 2. The van der Waals surface area contributed by atoms with Crippen LogP contribution in [0.15, 0.2) is 36.4 Å². The van der Waals surface area contributed by atoms with Gasteiger partial charge < -0.3 is 29.0 Å². The molecule has 0 fully saturated rings. The van der Waals surface area contributed by atoms with Crippen molar-refractivity contribution in [3.63, 3.8) is 0 Å². The number of aromatic hydroxyl groups is 1. The number of H-pyrrole nitrogens is 1. The molecule has 2 heterocycles. The minimum absolute atomic E-state index is 0.0858. The van der Waals surface area contributed by atoms with Crippen LogP contribution in [0, 0.1) is 0 Å². The summed E-state index contributed by atoms with van der Waals surface area (Å²) in [5, 5.41) is 17.8. The summed E-state index contributed by atoms with van der Waals surface area (Å²) in [5.74, 6) is 1.36. The van der Waals surface area contributed by atoms with Gasteiger partial charge in [0.15, 0.2) is 11.5 Å². The van der Waals surface area contributed by atoms with Gasteiger partial charge in [-0.05, 0) is 43.2 Å². The van der Waals surface area contributed by atoms with E-state index in [0.29, 0.717) is 65.9 Å². The van der Waals surface area contributed by atoms with Gasteiger partial charge in [0.25, 0.3) is 5.91 Å². The predicted octanol–water partition coefficient (Wildman–Crippen LogP) is 3.78. The van der Waals surface area contributed by atoms with E-state index in [1.54, 1.807) is 44.4 Å². The maximum absolute atomic E-state index is 13.5. The molecular weight excluding hydrogens is 438 g/mol. The van der Waals surface area contributed by atoms with E-state index < -0.39 is 6.04 Å². The highest BCUT2D eigenvalue weighted by molar-refractivity contribution is 6.00. The molecule has 0 saturated heterocycles. The van der Waals surface area contributed by atoms with Crippen molar-refractivity contribution >= 4 is 5.91 Å². The largest absolute Gasteiger partial charge is 0.507 e. The van der Waals surface area contributed by atoms with Crippen molar-refractivity contribution in [3.05, 3.63) is 53.2 Å². The Hall–Kier alpha value is -3.72. The van der Waals surface area contributed by atoms with Gasteiger partial charge in [-0.3, -0.25) is 9.89 Å². The number of nitrogens with one attached hydrogen (secondary N) is 1. The molecule has 9 heteroatoms. The summed E-state index contributed by atoms with van der Waals surface area (Å²) in [5.41, 5.74) is 2.93. The first-order chi connectivity index (χ1) is 16.5. The van der Waals surface area contributed by atoms with Crippen molar-refractivity contribution in [2.24, 2.45) is 0 Å². The number of para-hydroxylation sites is 1. The lowest BCUT2D eigenvalue weighted by molar-refractivity contribution is 0.0710. The van der Waals surface area contributed by atoms with Crippen molar-refractivity contribution in [3.8, 4) is 34.3 Å². The van der Waals surface area contributed by atoms with E-state index in [-0.39, 0.29) is 11.7 Å². The lowest BCUT2D eigenvalue weighted by Crippen LogP contribution is -2.31. The minimum Gasteiger partial charge on any atom is -0.507 e. The molecule has 9 nitrogen and oxygen atoms in total. The standard InChI is InChI=1S/C25H29N3O6/c1-5-34-12-8-11-28-23(15-13-18(31-2)24(33-4)19(14-15)32-3)20-21(26-27-22(20)25(28)30)16-9-6-7-10-17(16)29/h6-7,9-10,13-14,23,29H,5,8,11-12H2,1-4H3,(H,26,27)/t23-/m0/s1. The number of nitrogens with zero attached hydrogens (tertiary/aromatic N) is 2. The Morgan fingerprint density at radius 2 is 1.79 bits per heavy atom. The molecule has 3 aromatic rings. The minimum atomic E-state index is -0.480. The van der Waals surface area contributed by atoms with Gasteiger partial charge in [-0.15, -0.1) is 0 Å². The van der Waals surface area contributed by atoms with E-state index >= 15 is 0 Å². The van der Waals surface area contributed by atoms with Gasteiger partial charge in [0, 0.05) is 30.9 Å². The van der Waals surface area contributed by atoms with Gasteiger partial charge in [0.2, 0.25) is 5.75 Å². The van der Waals surface area contributed by atoms with Gasteiger partial charge in [0.05, 0.1) is 27.4 Å². The Kier molecular flexibility index (Phi) is 6.93. The van der Waals surface area contributed by atoms with E-state index in [0.717, 1.165) is 5.56 Å². The first kappa shape index (κ1) is 23.4. The first-order valence-electron chi connectivity index (χ1n) is 11.1. The van der Waals surface area contributed by atoms with E-state index in [9.17, 15) is 9.90 Å². The Morgan fingerprint density at radius 3 is 2.41 bits per heavy atom. The average molecular weight is 468 g/mol. The molecule has 0 aliphatic carbocycles. The van der Waals surface area contributed by atoms with Crippen molar-refractivity contribution in [2.75, 3.05) is 41.1 Å². The van der Waals surface area contributed by atoms with Crippen molar-refractivity contribution in [1.29, 1.82) is 0 Å². The molecule has 34 heavy (non-hydrogen) atoms. The van der Waals surface area contributed by atoms with Crippen LogP contribution in [0.4, 0.5) is 0 Å². The van der Waals surface area contributed by atoms with E-state index in [4.69, 9.17) is 18.9 Å². The number of phenols is 1. The highest BCUT2D eigenvalue weighted by Crippen LogP contribution is 2.48. The third-order valence-electron chi connectivity index (χ3n) is 5.92. The lowest BCUT2D eigenvalue weighted by atomic mass is 9.95. The Balaban J connectivity index is 1.87. The summed E-state index contributed by atoms with van der Waals surface area (Å²) < 4.78 is 22.1. The number of carbonyl (C=O) groups is 1. The van der Waals surface area contributed by atoms with E-state index in [1.165, 1.54) is 0 Å². The molecule has 4 rings (SSSR count). The summed E-state index contributed by atoms with van der Waals surface area (Å²) in [7, 11) is 4.65. The molecule has 0 unspecified atom stereocenters. The van der Waals surface area contributed by atoms with E-state index in [2.05, 4.69) is 10.2 Å². The lowest BCUT2D eigenvalue weighted by Gasteiger charge is -2.27. The highest BCUT2D eigenvalue weighted by Gasteiger charge is 2.42. The number of ether oxygens (including phenoxy) is 4. The molecule has 2 aromatic carbocycles. The third kappa shape index (κ3) is 4.03. The van der Waals surface area contributed by atoms with Crippen LogP contribution in [-0.2, 0) is 4.74 Å². The summed E-state index contributed by atoms with van der Waals surface area (Å²) in [6, 6.07) is 10.1. The molecule has 1 amide bonds. The second-order valence-electron chi connectivity index (χ2n) is 7.79. The van der Waals surface area contributed by atoms with Crippen LogP contribution in [0.1, 0.15) is 41.0 Å². The fourth-order valence-electron chi connectivity index (χ4n) is 4.39. The number of phenolic OH excluding ortho intramolecular Hbond substituents is 1. The fourth-order valence-corrected chi connectivity index (χ4v) is 4.39. The zero-order chi connectivity index (χ0) is 24.2. The molecule has 1 aliphatic heterocycles. The zero-order valence-corrected chi connectivity index (χ0v) is 19.8. The molecule has 0 spiro atoms. The molecule has 0 radical (unpaired) electrons. The second-order valence-corrected chi connectivity index (χ2v) is 7.79. The number of fused-ring (bicyclic) bond motifs is 1. The summed E-state index contributed by atoms with van der Waals surface area (Å²) in [4.78, 5) is 15.3. The molecule has 0 bridgehead atoms. The smallest absolute Gasteiger partial charge is 0.273 e. The maximum Gasteiger partial charge on any atom is 0.273 e. The molecule has 2 N–H and O–H groups in total. The number of aromatic amines is 1. The van der Waals surface area contributed by atoms with Crippen LogP contribution in [0.3, 0.4) is 0 Å². The number of amides is 1. The quantitative estimate of drug-likeness (QED) is 0.437. The second kappa shape index (κ2) is 10.0. The maximum atomic E-state index is 13.5. The third-order valence-corrected chi connectivity index (χ3v) is 5.92. The van der Waals surface area contributed by atoms with Crippen molar-refractivity contribution < 1.29 is 28.8 Å². The highest BCUT2D eigenvalue weighted by atomic mass is 16.5. The summed E-state index contributed by atoms with van der Waals surface area (Å²) >= 11 is 0. The van der Waals surface area contributed by atoms with Crippen LogP contribution in [0.25, 0.3) is 11.3 Å². The van der Waals surface area contributed by atoms with Crippen LogP contribution in [0.2, 0.25) is 0 Å². The summed E-state index contributed by atoms with van der Waals surface area (Å²) in [6.07, 6.45) is 0.671. The van der Waals surface area contributed by atoms with Gasteiger partial charge >= 0.3 is 0 Å². The first-order valence-corrected chi connectivity index (χ1v) is 11.1.